The molecule has 1 aromatic carbocycles. The molecule has 1 aromatic heterocycles. The fourth-order valence-electron chi connectivity index (χ4n) is 2.62. The van der Waals surface area contributed by atoms with Gasteiger partial charge in [-0.2, -0.15) is 13.2 Å². The summed E-state index contributed by atoms with van der Waals surface area (Å²) in [5.41, 5.74) is 0.0722. The number of imidazole rings is 1. The van der Waals surface area contributed by atoms with Gasteiger partial charge >= 0.3 is 6.18 Å². The van der Waals surface area contributed by atoms with Crippen molar-refractivity contribution in [2.24, 2.45) is 4.99 Å². The lowest BCUT2D eigenvalue weighted by Gasteiger charge is -2.15. The molecule has 0 saturated heterocycles. The molecule has 0 aliphatic heterocycles. The van der Waals surface area contributed by atoms with Crippen molar-refractivity contribution < 1.29 is 13.2 Å². The highest BCUT2D eigenvalue weighted by molar-refractivity contribution is 5.79. The predicted molar refractivity (Wildman–Crippen MR) is 101 cm³/mol. The van der Waals surface area contributed by atoms with Crippen LogP contribution in [0, 0.1) is 0 Å². The van der Waals surface area contributed by atoms with E-state index in [0.29, 0.717) is 31.0 Å². The van der Waals surface area contributed by atoms with Gasteiger partial charge in [0.2, 0.25) is 0 Å². The molecule has 2 rings (SSSR count). The second-order valence-corrected chi connectivity index (χ2v) is 6.30. The van der Waals surface area contributed by atoms with Crippen molar-refractivity contribution in [1.29, 1.82) is 0 Å². The summed E-state index contributed by atoms with van der Waals surface area (Å²) >= 11 is 0. The third-order valence-corrected chi connectivity index (χ3v) is 4.18. The summed E-state index contributed by atoms with van der Waals surface area (Å²) in [6.45, 7) is 6.64. The largest absolute Gasteiger partial charge is 0.416 e. The van der Waals surface area contributed by atoms with E-state index in [1.165, 1.54) is 12.1 Å². The van der Waals surface area contributed by atoms with E-state index in [1.807, 2.05) is 24.6 Å². The first-order valence-corrected chi connectivity index (χ1v) is 9.05. The molecule has 0 saturated carbocycles. The van der Waals surface area contributed by atoms with E-state index >= 15 is 0 Å². The minimum atomic E-state index is -4.31. The average molecular weight is 381 g/mol. The fraction of sp³-hybridized carbons (Fsp3) is 0.474. The van der Waals surface area contributed by atoms with Gasteiger partial charge in [-0.05, 0) is 30.9 Å². The summed E-state index contributed by atoms with van der Waals surface area (Å²) in [6.07, 6.45) is 1.73. The normalized spacial score (nSPS) is 13.4. The average Bonchev–Trinajstić information content (AvgIpc) is 3.14. The lowest BCUT2D eigenvalue weighted by Crippen LogP contribution is -2.38. The Hall–Kier alpha value is -2.51. The minimum absolute atomic E-state index is 0.00937. The van der Waals surface area contributed by atoms with Crippen molar-refractivity contribution in [3.63, 3.8) is 0 Å². The highest BCUT2D eigenvalue weighted by Crippen LogP contribution is 2.31. The van der Waals surface area contributed by atoms with Crippen LogP contribution in [0.4, 0.5) is 13.2 Å². The number of aliphatic imine (C=N–C) groups is 1. The van der Waals surface area contributed by atoms with Gasteiger partial charge in [0.25, 0.3) is 0 Å². The molecule has 5 nitrogen and oxygen atoms in total. The van der Waals surface area contributed by atoms with Crippen LogP contribution >= 0.6 is 0 Å². The lowest BCUT2D eigenvalue weighted by molar-refractivity contribution is -0.137. The van der Waals surface area contributed by atoms with Crippen molar-refractivity contribution in [1.82, 2.24) is 20.2 Å². The summed E-state index contributed by atoms with van der Waals surface area (Å²) < 4.78 is 40.5. The van der Waals surface area contributed by atoms with Crippen LogP contribution in [0.25, 0.3) is 0 Å². The Morgan fingerprint density at radius 2 is 2.11 bits per heavy atom. The second kappa shape index (κ2) is 9.99. The highest BCUT2D eigenvalue weighted by Gasteiger charge is 2.30. The number of hydrogen-bond donors (Lipinski definition) is 2. The van der Waals surface area contributed by atoms with Crippen LogP contribution in [0.3, 0.4) is 0 Å². The van der Waals surface area contributed by atoms with E-state index < -0.39 is 11.7 Å². The Kier molecular flexibility index (Phi) is 7.69. The van der Waals surface area contributed by atoms with Gasteiger partial charge < -0.3 is 15.2 Å². The molecule has 148 valence electrons. The SMILES string of the molecule is CCNC(=NCCC(C)c1cccc(C(F)(F)F)c1)NCCn1ccnc1. The van der Waals surface area contributed by atoms with Crippen molar-refractivity contribution in [3.05, 3.63) is 54.1 Å². The third-order valence-electron chi connectivity index (χ3n) is 4.18. The van der Waals surface area contributed by atoms with Crippen LogP contribution < -0.4 is 10.6 Å². The number of halogens is 3. The number of guanidine groups is 1. The minimum Gasteiger partial charge on any atom is -0.357 e. The number of nitrogens with zero attached hydrogens (tertiary/aromatic N) is 3. The molecule has 0 radical (unpaired) electrons. The number of hydrogen-bond acceptors (Lipinski definition) is 2. The van der Waals surface area contributed by atoms with Gasteiger partial charge in [-0.1, -0.05) is 25.1 Å². The molecule has 0 aliphatic carbocycles. The van der Waals surface area contributed by atoms with Crippen LogP contribution in [0.15, 0.2) is 48.0 Å². The first kappa shape index (κ1) is 20.8. The van der Waals surface area contributed by atoms with E-state index in [2.05, 4.69) is 20.6 Å². The van der Waals surface area contributed by atoms with Gasteiger partial charge in [0.1, 0.15) is 0 Å². The number of rotatable bonds is 8. The summed E-state index contributed by atoms with van der Waals surface area (Å²) in [6, 6.07) is 5.52. The smallest absolute Gasteiger partial charge is 0.357 e. The Labute approximate surface area is 157 Å². The molecule has 8 heteroatoms. The Bertz CT molecular complexity index is 710. The standard InChI is InChI=1S/C19H26F3N5/c1-3-24-18(26-10-12-27-11-9-23-14-27)25-8-7-15(2)16-5-4-6-17(13-16)19(20,21)22/h4-6,9,11,13-15H,3,7-8,10,12H2,1-2H3,(H2,24,25,26). The fourth-order valence-corrected chi connectivity index (χ4v) is 2.62. The van der Waals surface area contributed by atoms with E-state index in [-0.39, 0.29) is 5.92 Å². The van der Waals surface area contributed by atoms with Gasteiger partial charge in [-0.3, -0.25) is 4.99 Å². The van der Waals surface area contributed by atoms with Gasteiger partial charge in [0.15, 0.2) is 5.96 Å². The Morgan fingerprint density at radius 1 is 1.30 bits per heavy atom. The van der Waals surface area contributed by atoms with Gasteiger partial charge in [-0.25, -0.2) is 4.98 Å². The van der Waals surface area contributed by atoms with Crippen LogP contribution in [-0.2, 0) is 12.7 Å². The lowest BCUT2D eigenvalue weighted by atomic mass is 9.96. The number of alkyl halides is 3. The van der Waals surface area contributed by atoms with Crippen molar-refractivity contribution in [3.8, 4) is 0 Å². The van der Waals surface area contributed by atoms with Crippen LogP contribution in [-0.4, -0.2) is 35.1 Å². The topological polar surface area (TPSA) is 54.2 Å². The van der Waals surface area contributed by atoms with Crippen molar-refractivity contribution in [2.45, 2.75) is 38.9 Å². The Morgan fingerprint density at radius 3 is 2.78 bits per heavy atom. The second-order valence-electron chi connectivity index (χ2n) is 6.30. The zero-order valence-electron chi connectivity index (χ0n) is 15.6. The summed E-state index contributed by atoms with van der Waals surface area (Å²) in [4.78, 5) is 8.51. The number of benzene rings is 1. The summed E-state index contributed by atoms with van der Waals surface area (Å²) in [5.74, 6) is 0.693. The molecule has 27 heavy (non-hydrogen) atoms. The quantitative estimate of drug-likeness (QED) is 0.542. The highest BCUT2D eigenvalue weighted by atomic mass is 19.4. The number of nitrogens with one attached hydrogen (secondary N) is 2. The van der Waals surface area contributed by atoms with E-state index in [9.17, 15) is 13.2 Å². The maximum absolute atomic E-state index is 12.9. The molecule has 1 unspecified atom stereocenters. The number of aromatic nitrogens is 2. The zero-order valence-corrected chi connectivity index (χ0v) is 15.6. The zero-order chi connectivity index (χ0) is 19.7. The van der Waals surface area contributed by atoms with E-state index in [4.69, 9.17) is 0 Å². The van der Waals surface area contributed by atoms with Crippen LogP contribution in [0.5, 0.6) is 0 Å². The van der Waals surface area contributed by atoms with Crippen LogP contribution in [0.1, 0.15) is 37.3 Å². The van der Waals surface area contributed by atoms with E-state index in [1.54, 1.807) is 18.6 Å². The summed E-state index contributed by atoms with van der Waals surface area (Å²) in [5, 5.41) is 6.41. The molecule has 0 fully saturated rings. The van der Waals surface area contributed by atoms with Gasteiger partial charge in [-0.15, -0.1) is 0 Å². The molecule has 0 aliphatic rings. The molecule has 1 atom stereocenters. The molecule has 0 amide bonds. The maximum Gasteiger partial charge on any atom is 0.416 e. The van der Waals surface area contributed by atoms with Crippen molar-refractivity contribution >= 4 is 5.96 Å². The first-order chi connectivity index (χ1) is 12.9. The van der Waals surface area contributed by atoms with Crippen molar-refractivity contribution in [2.75, 3.05) is 19.6 Å². The third kappa shape index (κ3) is 6.96. The molecule has 0 bridgehead atoms. The molecular weight excluding hydrogens is 355 g/mol. The summed E-state index contributed by atoms with van der Waals surface area (Å²) in [7, 11) is 0. The molecule has 2 aromatic rings. The monoisotopic (exact) mass is 381 g/mol. The Balaban J connectivity index is 1.86. The van der Waals surface area contributed by atoms with Gasteiger partial charge in [0, 0.05) is 38.6 Å². The van der Waals surface area contributed by atoms with Gasteiger partial charge in [0.05, 0.1) is 11.9 Å². The van der Waals surface area contributed by atoms with Crippen LogP contribution in [0.2, 0.25) is 0 Å². The first-order valence-electron chi connectivity index (χ1n) is 9.05. The van der Waals surface area contributed by atoms with E-state index in [0.717, 1.165) is 19.2 Å². The molecule has 2 N–H and O–H groups in total. The maximum atomic E-state index is 12.9. The molecule has 0 spiro atoms. The molecular formula is C19H26F3N5. The predicted octanol–water partition coefficient (Wildman–Crippen LogP) is 3.65. The molecule has 1 heterocycles.